The number of hydrogen-bond acceptors (Lipinski definition) is 1. The molecule has 1 saturated carbocycles. The molecule has 2 nitrogen and oxygen atoms in total. The largest absolute Gasteiger partial charge is 0.354 e. The van der Waals surface area contributed by atoms with Gasteiger partial charge in [-0.05, 0) is 37.4 Å². The summed E-state index contributed by atoms with van der Waals surface area (Å²) in [5.74, 6) is 0.993. The van der Waals surface area contributed by atoms with E-state index in [2.05, 4.69) is 35.3 Å². The van der Waals surface area contributed by atoms with Crippen LogP contribution in [0.4, 0.5) is 0 Å². The van der Waals surface area contributed by atoms with Crippen LogP contribution in [0.2, 0.25) is 0 Å². The van der Waals surface area contributed by atoms with Crippen LogP contribution in [0.25, 0.3) is 0 Å². The van der Waals surface area contributed by atoms with Crippen LogP contribution in [0.1, 0.15) is 57.1 Å². The Labute approximate surface area is 105 Å². The molecule has 1 N–H and O–H groups in total. The highest BCUT2D eigenvalue weighted by Crippen LogP contribution is 2.28. The van der Waals surface area contributed by atoms with Crippen molar-refractivity contribution in [2.24, 2.45) is 5.92 Å². The van der Waals surface area contributed by atoms with Crippen molar-refractivity contribution >= 4 is 0 Å². The van der Waals surface area contributed by atoms with Gasteiger partial charge in [0.1, 0.15) is 0 Å². The molecule has 1 atom stereocenters. The molecule has 1 aliphatic rings. The van der Waals surface area contributed by atoms with E-state index < -0.39 is 0 Å². The Hall–Kier alpha value is -0.760. The highest BCUT2D eigenvalue weighted by Gasteiger charge is 2.14. The lowest BCUT2D eigenvalue weighted by molar-refractivity contribution is 0.458. The Bertz CT molecular complexity index is 319. The van der Waals surface area contributed by atoms with Gasteiger partial charge in [-0.3, -0.25) is 0 Å². The Balaban J connectivity index is 1.84. The Morgan fingerprint density at radius 3 is 2.82 bits per heavy atom. The maximum Gasteiger partial charge on any atom is 0.0329 e. The fourth-order valence-electron chi connectivity index (χ4n) is 3.04. The predicted molar refractivity (Wildman–Crippen MR) is 73.1 cm³/mol. The maximum absolute atomic E-state index is 3.37. The monoisotopic (exact) mass is 234 g/mol. The summed E-state index contributed by atoms with van der Waals surface area (Å²) in [4.78, 5) is 0. The third-order valence-electron chi connectivity index (χ3n) is 4.20. The summed E-state index contributed by atoms with van der Waals surface area (Å²) in [6.45, 7) is 3.43. The van der Waals surface area contributed by atoms with Gasteiger partial charge in [-0.15, -0.1) is 0 Å². The molecule has 1 unspecified atom stereocenters. The van der Waals surface area contributed by atoms with Crippen LogP contribution in [0.15, 0.2) is 18.5 Å². The van der Waals surface area contributed by atoms with E-state index in [0.717, 1.165) is 12.3 Å². The van der Waals surface area contributed by atoms with E-state index in [0.29, 0.717) is 6.04 Å². The molecule has 2 heteroatoms. The predicted octanol–water partition coefficient (Wildman–Crippen LogP) is 3.74. The number of hydrogen-bond donors (Lipinski definition) is 1. The molecule has 0 bridgehead atoms. The normalized spacial score (nSPS) is 18.7. The third kappa shape index (κ3) is 3.35. The quantitative estimate of drug-likeness (QED) is 0.793. The van der Waals surface area contributed by atoms with Gasteiger partial charge >= 0.3 is 0 Å². The van der Waals surface area contributed by atoms with Gasteiger partial charge in [0.15, 0.2) is 0 Å². The fourth-order valence-corrected chi connectivity index (χ4v) is 3.04. The molecule has 1 aliphatic carbocycles. The zero-order valence-electron chi connectivity index (χ0n) is 11.3. The van der Waals surface area contributed by atoms with Crippen molar-refractivity contribution < 1.29 is 0 Å². The van der Waals surface area contributed by atoms with Gasteiger partial charge in [-0.25, -0.2) is 0 Å². The average molecular weight is 234 g/mol. The van der Waals surface area contributed by atoms with Crippen LogP contribution in [0.3, 0.4) is 0 Å². The van der Waals surface area contributed by atoms with E-state index in [1.54, 1.807) is 0 Å². The number of nitrogens with zero attached hydrogens (tertiary/aromatic N) is 1. The van der Waals surface area contributed by atoms with Gasteiger partial charge < -0.3 is 9.88 Å². The summed E-state index contributed by atoms with van der Waals surface area (Å²) < 4.78 is 2.37. The van der Waals surface area contributed by atoms with Gasteiger partial charge in [0, 0.05) is 25.0 Å². The molecular weight excluding hydrogens is 208 g/mol. The molecule has 0 spiro atoms. The number of aryl methyl sites for hydroxylation is 1. The number of rotatable bonds is 6. The Morgan fingerprint density at radius 1 is 1.41 bits per heavy atom. The Kier molecular flexibility index (Phi) is 4.66. The van der Waals surface area contributed by atoms with Gasteiger partial charge in [0.05, 0.1) is 0 Å². The first-order chi connectivity index (χ1) is 8.33. The van der Waals surface area contributed by atoms with E-state index in [-0.39, 0.29) is 0 Å². The van der Waals surface area contributed by atoms with Crippen molar-refractivity contribution in [3.05, 3.63) is 24.0 Å². The Morgan fingerprint density at radius 2 is 2.18 bits per heavy atom. The molecule has 0 amide bonds. The SMILES string of the molecule is CCC(NC)c1ccn(CCC2CCCC2)c1. The van der Waals surface area contributed by atoms with Crippen molar-refractivity contribution in [1.82, 2.24) is 9.88 Å². The van der Waals surface area contributed by atoms with Gasteiger partial charge in [0.2, 0.25) is 0 Å². The summed E-state index contributed by atoms with van der Waals surface area (Å²) in [5, 5.41) is 3.37. The minimum Gasteiger partial charge on any atom is -0.354 e. The van der Waals surface area contributed by atoms with Crippen molar-refractivity contribution in [3.63, 3.8) is 0 Å². The van der Waals surface area contributed by atoms with Crippen LogP contribution >= 0.6 is 0 Å². The molecule has 0 aromatic carbocycles. The topological polar surface area (TPSA) is 17.0 Å². The minimum atomic E-state index is 0.516. The van der Waals surface area contributed by atoms with Crippen LogP contribution in [-0.4, -0.2) is 11.6 Å². The van der Waals surface area contributed by atoms with Crippen LogP contribution in [0.5, 0.6) is 0 Å². The van der Waals surface area contributed by atoms with E-state index in [9.17, 15) is 0 Å². The molecule has 96 valence electrons. The van der Waals surface area contributed by atoms with Crippen molar-refractivity contribution in [2.45, 2.75) is 58.0 Å². The highest BCUT2D eigenvalue weighted by atomic mass is 14.9. The molecule has 0 saturated heterocycles. The molecule has 0 radical (unpaired) electrons. The second kappa shape index (κ2) is 6.25. The van der Waals surface area contributed by atoms with Crippen LogP contribution in [0, 0.1) is 5.92 Å². The van der Waals surface area contributed by atoms with Gasteiger partial charge in [-0.2, -0.15) is 0 Å². The molecule has 1 aromatic heterocycles. The second-order valence-corrected chi connectivity index (χ2v) is 5.37. The van der Waals surface area contributed by atoms with E-state index in [1.165, 1.54) is 44.2 Å². The zero-order valence-corrected chi connectivity index (χ0v) is 11.3. The highest BCUT2D eigenvalue weighted by molar-refractivity contribution is 5.15. The molecule has 17 heavy (non-hydrogen) atoms. The summed E-state index contributed by atoms with van der Waals surface area (Å²) in [7, 11) is 2.05. The maximum atomic E-state index is 3.37. The summed E-state index contributed by atoms with van der Waals surface area (Å²) in [6.07, 6.45) is 12.9. The standard InChI is InChI=1S/C15H26N2/c1-3-15(16-2)14-9-11-17(12-14)10-8-13-6-4-5-7-13/h9,11-13,15-16H,3-8,10H2,1-2H3. The van der Waals surface area contributed by atoms with E-state index in [1.807, 2.05) is 7.05 Å². The first kappa shape index (κ1) is 12.7. The average Bonchev–Trinajstić information content (AvgIpc) is 2.99. The first-order valence-electron chi connectivity index (χ1n) is 7.16. The lowest BCUT2D eigenvalue weighted by Crippen LogP contribution is -2.14. The zero-order chi connectivity index (χ0) is 12.1. The first-order valence-corrected chi connectivity index (χ1v) is 7.16. The van der Waals surface area contributed by atoms with Crippen molar-refractivity contribution in [3.8, 4) is 0 Å². The number of nitrogens with one attached hydrogen (secondary N) is 1. The lowest BCUT2D eigenvalue weighted by atomic mass is 10.0. The summed E-state index contributed by atoms with van der Waals surface area (Å²) >= 11 is 0. The lowest BCUT2D eigenvalue weighted by Gasteiger charge is -2.12. The van der Waals surface area contributed by atoms with E-state index >= 15 is 0 Å². The van der Waals surface area contributed by atoms with E-state index in [4.69, 9.17) is 0 Å². The van der Waals surface area contributed by atoms with Crippen LogP contribution in [-0.2, 0) is 6.54 Å². The molecule has 1 fully saturated rings. The summed E-state index contributed by atoms with van der Waals surface area (Å²) in [6, 6.07) is 2.78. The summed E-state index contributed by atoms with van der Waals surface area (Å²) in [5.41, 5.74) is 1.43. The molecular formula is C15H26N2. The van der Waals surface area contributed by atoms with Crippen molar-refractivity contribution in [2.75, 3.05) is 7.05 Å². The smallest absolute Gasteiger partial charge is 0.0329 e. The second-order valence-electron chi connectivity index (χ2n) is 5.37. The third-order valence-corrected chi connectivity index (χ3v) is 4.20. The molecule has 0 aliphatic heterocycles. The minimum absolute atomic E-state index is 0.516. The fraction of sp³-hybridized carbons (Fsp3) is 0.733. The van der Waals surface area contributed by atoms with Gasteiger partial charge in [0.25, 0.3) is 0 Å². The number of aromatic nitrogens is 1. The molecule has 1 aromatic rings. The van der Waals surface area contributed by atoms with Crippen molar-refractivity contribution in [1.29, 1.82) is 0 Å². The molecule has 2 rings (SSSR count). The van der Waals surface area contributed by atoms with Crippen LogP contribution < -0.4 is 5.32 Å². The molecule has 1 heterocycles. The van der Waals surface area contributed by atoms with Gasteiger partial charge in [-0.1, -0.05) is 32.6 Å².